The van der Waals surface area contributed by atoms with E-state index in [-0.39, 0.29) is 18.2 Å². The van der Waals surface area contributed by atoms with Crippen LogP contribution in [0.5, 0.6) is 5.75 Å². The van der Waals surface area contributed by atoms with Crippen LogP contribution in [0.3, 0.4) is 0 Å². The molecule has 148 valence electrons. The van der Waals surface area contributed by atoms with Gasteiger partial charge >= 0.3 is 6.03 Å². The molecular formula is C19H28N4O4. The molecule has 0 radical (unpaired) electrons. The summed E-state index contributed by atoms with van der Waals surface area (Å²) >= 11 is 0. The SMILES string of the molecule is CCCCCOc1ccc(NC(=O)N2CCNC(=O)[C@H]2CC(=O)NC)cc1. The lowest BCUT2D eigenvalue weighted by Crippen LogP contribution is -2.59. The first kappa shape index (κ1) is 20.5. The molecule has 0 aromatic heterocycles. The van der Waals surface area contributed by atoms with Crippen LogP contribution in [0.4, 0.5) is 10.5 Å². The number of amides is 4. The van der Waals surface area contributed by atoms with Crippen LogP contribution in [0.2, 0.25) is 0 Å². The summed E-state index contributed by atoms with van der Waals surface area (Å²) in [6, 6.07) is 5.88. The molecule has 1 aliphatic heterocycles. The van der Waals surface area contributed by atoms with Gasteiger partial charge in [-0.2, -0.15) is 0 Å². The van der Waals surface area contributed by atoms with Gasteiger partial charge in [-0.05, 0) is 30.7 Å². The highest BCUT2D eigenvalue weighted by atomic mass is 16.5. The van der Waals surface area contributed by atoms with Gasteiger partial charge < -0.3 is 25.6 Å². The van der Waals surface area contributed by atoms with Crippen molar-refractivity contribution in [2.75, 3.05) is 32.1 Å². The van der Waals surface area contributed by atoms with Gasteiger partial charge in [-0.1, -0.05) is 19.8 Å². The van der Waals surface area contributed by atoms with E-state index in [1.54, 1.807) is 24.3 Å². The molecule has 1 aromatic rings. The molecule has 0 spiro atoms. The first-order chi connectivity index (χ1) is 13.0. The third kappa shape index (κ3) is 6.16. The van der Waals surface area contributed by atoms with Crippen LogP contribution in [-0.2, 0) is 9.59 Å². The number of carbonyl (C=O) groups is 3. The fourth-order valence-electron chi connectivity index (χ4n) is 2.81. The number of hydrogen-bond acceptors (Lipinski definition) is 4. The summed E-state index contributed by atoms with van der Waals surface area (Å²) in [5, 5.41) is 7.95. The molecule has 0 aliphatic carbocycles. The topological polar surface area (TPSA) is 99.8 Å². The molecule has 0 unspecified atom stereocenters. The second kappa shape index (κ2) is 10.4. The lowest BCUT2D eigenvalue weighted by molar-refractivity contribution is -0.132. The molecule has 1 saturated heterocycles. The van der Waals surface area contributed by atoms with Crippen molar-refractivity contribution in [2.24, 2.45) is 0 Å². The number of anilines is 1. The van der Waals surface area contributed by atoms with Gasteiger partial charge in [0.1, 0.15) is 11.8 Å². The van der Waals surface area contributed by atoms with Crippen molar-refractivity contribution in [3.05, 3.63) is 24.3 Å². The van der Waals surface area contributed by atoms with Crippen LogP contribution in [-0.4, -0.2) is 55.5 Å². The van der Waals surface area contributed by atoms with Gasteiger partial charge in [-0.15, -0.1) is 0 Å². The highest BCUT2D eigenvalue weighted by Crippen LogP contribution is 2.18. The Morgan fingerprint density at radius 3 is 2.67 bits per heavy atom. The van der Waals surface area contributed by atoms with Crippen molar-refractivity contribution in [1.29, 1.82) is 0 Å². The first-order valence-electron chi connectivity index (χ1n) is 9.34. The molecule has 1 aliphatic rings. The first-order valence-corrected chi connectivity index (χ1v) is 9.34. The molecule has 0 bridgehead atoms. The van der Waals surface area contributed by atoms with Crippen molar-refractivity contribution >= 4 is 23.5 Å². The Bertz CT molecular complexity index is 648. The third-order valence-corrected chi connectivity index (χ3v) is 4.37. The maximum Gasteiger partial charge on any atom is 0.322 e. The number of benzene rings is 1. The fourth-order valence-corrected chi connectivity index (χ4v) is 2.81. The summed E-state index contributed by atoms with van der Waals surface area (Å²) in [5.41, 5.74) is 0.602. The van der Waals surface area contributed by atoms with Gasteiger partial charge in [0.2, 0.25) is 11.8 Å². The summed E-state index contributed by atoms with van der Waals surface area (Å²) in [7, 11) is 1.50. The predicted molar refractivity (Wildman–Crippen MR) is 103 cm³/mol. The molecule has 1 atom stereocenters. The van der Waals surface area contributed by atoms with E-state index in [4.69, 9.17) is 4.74 Å². The molecule has 8 nitrogen and oxygen atoms in total. The van der Waals surface area contributed by atoms with Gasteiger partial charge in [-0.25, -0.2) is 4.79 Å². The average Bonchev–Trinajstić information content (AvgIpc) is 2.67. The second-order valence-corrected chi connectivity index (χ2v) is 6.39. The lowest BCUT2D eigenvalue weighted by atomic mass is 10.1. The van der Waals surface area contributed by atoms with E-state index in [0.29, 0.717) is 25.4 Å². The van der Waals surface area contributed by atoms with E-state index in [9.17, 15) is 14.4 Å². The normalized spacial score (nSPS) is 16.4. The zero-order valence-corrected chi connectivity index (χ0v) is 15.9. The van der Waals surface area contributed by atoms with Gasteiger partial charge in [0.15, 0.2) is 0 Å². The number of hydrogen-bond donors (Lipinski definition) is 3. The maximum atomic E-state index is 12.6. The summed E-state index contributed by atoms with van der Waals surface area (Å²) in [5.74, 6) is 0.134. The quantitative estimate of drug-likeness (QED) is 0.602. The van der Waals surface area contributed by atoms with Crippen LogP contribution in [0.15, 0.2) is 24.3 Å². The molecule has 27 heavy (non-hydrogen) atoms. The molecule has 1 aromatic carbocycles. The van der Waals surface area contributed by atoms with E-state index in [2.05, 4.69) is 22.9 Å². The maximum absolute atomic E-state index is 12.6. The van der Waals surface area contributed by atoms with E-state index in [1.807, 2.05) is 0 Å². The fraction of sp³-hybridized carbons (Fsp3) is 0.526. The predicted octanol–water partition coefficient (Wildman–Crippen LogP) is 1.72. The number of urea groups is 1. The molecule has 1 heterocycles. The van der Waals surface area contributed by atoms with Crippen molar-refractivity contribution in [3.8, 4) is 5.75 Å². The second-order valence-electron chi connectivity index (χ2n) is 6.39. The van der Waals surface area contributed by atoms with Crippen molar-refractivity contribution in [1.82, 2.24) is 15.5 Å². The van der Waals surface area contributed by atoms with Crippen molar-refractivity contribution in [2.45, 2.75) is 38.6 Å². The highest BCUT2D eigenvalue weighted by molar-refractivity contribution is 5.96. The summed E-state index contributed by atoms with van der Waals surface area (Å²) in [4.78, 5) is 37.7. The Morgan fingerprint density at radius 2 is 2.00 bits per heavy atom. The van der Waals surface area contributed by atoms with Crippen molar-refractivity contribution < 1.29 is 19.1 Å². The van der Waals surface area contributed by atoms with Gasteiger partial charge in [0.25, 0.3) is 0 Å². The van der Waals surface area contributed by atoms with Crippen molar-refractivity contribution in [3.63, 3.8) is 0 Å². The smallest absolute Gasteiger partial charge is 0.322 e. The molecule has 3 N–H and O–H groups in total. The molecule has 0 saturated carbocycles. The van der Waals surface area contributed by atoms with E-state index in [0.717, 1.165) is 25.0 Å². The highest BCUT2D eigenvalue weighted by Gasteiger charge is 2.34. The third-order valence-electron chi connectivity index (χ3n) is 4.37. The van der Waals surface area contributed by atoms with Crippen LogP contribution < -0.4 is 20.7 Å². The average molecular weight is 376 g/mol. The minimum Gasteiger partial charge on any atom is -0.494 e. The van der Waals surface area contributed by atoms with E-state index < -0.39 is 12.1 Å². The monoisotopic (exact) mass is 376 g/mol. The molecule has 4 amide bonds. The number of piperazine rings is 1. The van der Waals surface area contributed by atoms with E-state index >= 15 is 0 Å². The summed E-state index contributed by atoms with van der Waals surface area (Å²) in [6.45, 7) is 3.52. The summed E-state index contributed by atoms with van der Waals surface area (Å²) in [6.07, 6.45) is 3.22. The Hall–Kier alpha value is -2.77. The zero-order chi connectivity index (χ0) is 19.6. The number of rotatable bonds is 8. The van der Waals surface area contributed by atoms with Crippen LogP contribution in [0.25, 0.3) is 0 Å². The minimum absolute atomic E-state index is 0.0692. The number of carbonyl (C=O) groups excluding carboxylic acids is 3. The minimum atomic E-state index is -0.820. The number of nitrogens with zero attached hydrogens (tertiary/aromatic N) is 1. The number of nitrogens with one attached hydrogen (secondary N) is 3. The Balaban J connectivity index is 1.94. The van der Waals surface area contributed by atoms with Gasteiger partial charge in [0.05, 0.1) is 13.0 Å². The molecule has 1 fully saturated rings. The van der Waals surface area contributed by atoms with E-state index in [1.165, 1.54) is 11.9 Å². The Kier molecular flexibility index (Phi) is 7.91. The molecule has 2 rings (SSSR count). The van der Waals surface area contributed by atoms with Crippen LogP contribution in [0, 0.1) is 0 Å². The Morgan fingerprint density at radius 1 is 1.26 bits per heavy atom. The number of ether oxygens (including phenoxy) is 1. The van der Waals surface area contributed by atoms with Gasteiger partial charge in [0, 0.05) is 25.8 Å². The molecule has 8 heteroatoms. The standard InChI is InChI=1S/C19H28N4O4/c1-3-4-5-12-27-15-8-6-14(7-9-15)22-19(26)23-11-10-21-18(25)16(23)13-17(24)20-2/h6-9,16H,3-5,10-13H2,1-2H3,(H,20,24)(H,21,25)(H,22,26)/t16-/m1/s1. The zero-order valence-electron chi connectivity index (χ0n) is 15.9. The number of unbranched alkanes of at least 4 members (excludes halogenated alkanes) is 2. The van der Waals surface area contributed by atoms with Crippen LogP contribution in [0.1, 0.15) is 32.6 Å². The lowest BCUT2D eigenvalue weighted by Gasteiger charge is -2.34. The van der Waals surface area contributed by atoms with Crippen LogP contribution >= 0.6 is 0 Å². The Labute approximate surface area is 159 Å². The van der Waals surface area contributed by atoms with Gasteiger partial charge in [-0.3, -0.25) is 9.59 Å². The molecular weight excluding hydrogens is 348 g/mol. The largest absolute Gasteiger partial charge is 0.494 e. The summed E-state index contributed by atoms with van der Waals surface area (Å²) < 4.78 is 5.65.